The van der Waals surface area contributed by atoms with Gasteiger partial charge in [-0.2, -0.15) is 24.4 Å². The summed E-state index contributed by atoms with van der Waals surface area (Å²) in [5.74, 6) is 2.86. The van der Waals surface area contributed by atoms with Gasteiger partial charge in [0.1, 0.15) is 0 Å². The molecule has 1 heterocycles. The fourth-order valence-corrected chi connectivity index (χ4v) is 7.85. The molecule has 0 N–H and O–H groups in total. The number of thiol groups is 1. The van der Waals surface area contributed by atoms with Gasteiger partial charge in [-0.1, -0.05) is 42.0 Å². The van der Waals surface area contributed by atoms with Crippen molar-refractivity contribution in [3.63, 3.8) is 0 Å². The summed E-state index contributed by atoms with van der Waals surface area (Å²) in [5, 5.41) is 1.35. The second-order valence-electron chi connectivity index (χ2n) is 8.77. The van der Waals surface area contributed by atoms with Crippen LogP contribution in [0.25, 0.3) is 22.7 Å². The number of aromatic nitrogens is 1. The number of hydrogen-bond acceptors (Lipinski definition) is 5. The van der Waals surface area contributed by atoms with E-state index in [4.69, 9.17) is 12.5 Å². The summed E-state index contributed by atoms with van der Waals surface area (Å²) in [5.41, 5.74) is 7.82. The van der Waals surface area contributed by atoms with Gasteiger partial charge in [0.05, 0.1) is 41.9 Å². The molecule has 0 fully saturated rings. The Hall–Kier alpha value is -1.61. The predicted octanol–water partition coefficient (Wildman–Crippen LogP) is 8.89. The number of aryl methyl sites for hydroxylation is 1. The predicted molar refractivity (Wildman–Crippen MR) is 173 cm³/mol. The van der Waals surface area contributed by atoms with Crippen LogP contribution in [0.2, 0.25) is 0 Å². The Morgan fingerprint density at radius 1 is 0.921 bits per heavy atom. The standard InChI is InChI=1S/C30H39NO3S2.CH4S/c1-5-32-36(33-6-2,34-7-3)21-11-20-35-23-25-16-19-30-28(22-25)27-12-9-8-10-13-29(27)31(30)26-17-14-24(4)15-18-26;1-2/h8-10,13-19,22H,5-7,11-12,20-21,23H2,1-4H3;2H,1H3. The number of rotatable bonds is 13. The molecule has 0 atom stereocenters. The van der Waals surface area contributed by atoms with Crippen LogP contribution in [-0.2, 0) is 24.7 Å². The molecule has 0 saturated heterocycles. The maximum absolute atomic E-state index is 5.95. The lowest BCUT2D eigenvalue weighted by Gasteiger charge is -2.36. The van der Waals surface area contributed by atoms with Gasteiger partial charge < -0.3 is 4.57 Å². The van der Waals surface area contributed by atoms with Crippen LogP contribution in [0.1, 0.15) is 49.6 Å². The Balaban J connectivity index is 0.00000195. The van der Waals surface area contributed by atoms with Crippen molar-refractivity contribution < 1.29 is 12.5 Å². The van der Waals surface area contributed by atoms with Gasteiger partial charge in [-0.15, -0.1) is 0 Å². The van der Waals surface area contributed by atoms with Crippen LogP contribution in [0.15, 0.2) is 60.7 Å². The normalized spacial score (nSPS) is 13.2. The Morgan fingerprint density at radius 2 is 1.61 bits per heavy atom. The summed E-state index contributed by atoms with van der Waals surface area (Å²) in [6.07, 6.45) is 12.5. The molecule has 1 aliphatic carbocycles. The molecule has 2 aromatic carbocycles. The molecule has 0 bridgehead atoms. The molecule has 4 rings (SSSR count). The number of allylic oxidation sites excluding steroid dienone is 3. The lowest BCUT2D eigenvalue weighted by Crippen LogP contribution is -2.17. The summed E-state index contributed by atoms with van der Waals surface area (Å²) in [4.78, 5) is 0. The van der Waals surface area contributed by atoms with Gasteiger partial charge >= 0.3 is 0 Å². The minimum Gasteiger partial charge on any atom is -0.310 e. The third-order valence-electron chi connectivity index (χ3n) is 6.14. The van der Waals surface area contributed by atoms with Crippen molar-refractivity contribution in [2.45, 2.75) is 46.3 Å². The van der Waals surface area contributed by atoms with E-state index in [9.17, 15) is 0 Å². The van der Waals surface area contributed by atoms with Crippen molar-refractivity contribution in [2.24, 2.45) is 0 Å². The summed E-state index contributed by atoms with van der Waals surface area (Å²) in [7, 11) is -1.89. The van der Waals surface area contributed by atoms with E-state index in [2.05, 4.69) is 90.9 Å². The average Bonchev–Trinajstić information content (AvgIpc) is 3.05. The minimum atomic E-state index is -1.89. The van der Waals surface area contributed by atoms with E-state index in [1.807, 2.05) is 32.5 Å². The molecule has 0 radical (unpaired) electrons. The summed E-state index contributed by atoms with van der Waals surface area (Å²) in [6, 6.07) is 15.8. The number of fused-ring (bicyclic) bond motifs is 3. The van der Waals surface area contributed by atoms with Crippen LogP contribution in [0, 0.1) is 6.92 Å². The highest BCUT2D eigenvalue weighted by molar-refractivity contribution is 8.21. The van der Waals surface area contributed by atoms with Crippen molar-refractivity contribution in [1.29, 1.82) is 0 Å². The third-order valence-corrected chi connectivity index (χ3v) is 9.82. The molecule has 3 aromatic rings. The summed E-state index contributed by atoms with van der Waals surface area (Å²) in [6.45, 7) is 9.98. The van der Waals surface area contributed by atoms with E-state index >= 15 is 0 Å². The minimum absolute atomic E-state index is 0.611. The van der Waals surface area contributed by atoms with Gasteiger partial charge in [0.2, 0.25) is 0 Å². The number of nitrogens with zero attached hydrogens (tertiary/aromatic N) is 1. The van der Waals surface area contributed by atoms with Crippen LogP contribution in [-0.4, -0.2) is 42.1 Å². The van der Waals surface area contributed by atoms with E-state index in [1.54, 1.807) is 6.26 Å². The zero-order valence-electron chi connectivity index (χ0n) is 23.4. The molecule has 0 spiro atoms. The quantitative estimate of drug-likeness (QED) is 0.163. The Labute approximate surface area is 241 Å². The second-order valence-corrected chi connectivity index (χ2v) is 12.1. The first-order chi connectivity index (χ1) is 18.6. The van der Waals surface area contributed by atoms with Gasteiger partial charge in [-0.25, -0.2) is 0 Å². The Kier molecular flexibility index (Phi) is 12.9. The molecule has 7 heteroatoms. The number of thioether (sulfide) groups is 1. The van der Waals surface area contributed by atoms with Crippen molar-refractivity contribution in [3.8, 4) is 5.69 Å². The maximum Gasteiger partial charge on any atom is 0.0887 e. The van der Waals surface area contributed by atoms with E-state index in [0.29, 0.717) is 19.8 Å². The zero-order chi connectivity index (χ0) is 27.4. The van der Waals surface area contributed by atoms with Crippen molar-refractivity contribution in [3.05, 3.63) is 83.1 Å². The number of hydrogen-bond donors (Lipinski definition) is 1. The van der Waals surface area contributed by atoms with Crippen LogP contribution in [0.4, 0.5) is 0 Å². The monoisotopic (exact) mass is 573 g/mol. The zero-order valence-corrected chi connectivity index (χ0v) is 26.0. The van der Waals surface area contributed by atoms with E-state index in [1.165, 1.54) is 39.0 Å². The van der Waals surface area contributed by atoms with Gasteiger partial charge in [0.25, 0.3) is 0 Å². The highest BCUT2D eigenvalue weighted by atomic mass is 32.3. The van der Waals surface area contributed by atoms with E-state index < -0.39 is 10.9 Å². The maximum atomic E-state index is 5.95. The third kappa shape index (κ3) is 7.74. The first-order valence-corrected chi connectivity index (χ1v) is 17.1. The van der Waals surface area contributed by atoms with Crippen LogP contribution < -0.4 is 0 Å². The number of benzene rings is 2. The molecule has 0 unspecified atom stereocenters. The molecule has 208 valence electrons. The molecule has 0 amide bonds. The molecule has 0 aliphatic heterocycles. The fraction of sp³-hybridized carbons (Fsp3) is 0.419. The highest BCUT2D eigenvalue weighted by Gasteiger charge is 2.25. The second kappa shape index (κ2) is 15.8. The van der Waals surface area contributed by atoms with Crippen LogP contribution >= 0.6 is 35.3 Å². The van der Waals surface area contributed by atoms with Gasteiger partial charge in [-0.05, 0) is 94.0 Å². The van der Waals surface area contributed by atoms with E-state index in [0.717, 1.165) is 30.1 Å². The molecule has 1 aromatic heterocycles. The van der Waals surface area contributed by atoms with Gasteiger partial charge in [0, 0.05) is 22.6 Å². The van der Waals surface area contributed by atoms with Crippen LogP contribution in [0.3, 0.4) is 0 Å². The van der Waals surface area contributed by atoms with Crippen molar-refractivity contribution in [1.82, 2.24) is 4.57 Å². The molecular weight excluding hydrogens is 531 g/mol. The van der Waals surface area contributed by atoms with Crippen molar-refractivity contribution >= 4 is 52.2 Å². The lowest BCUT2D eigenvalue weighted by atomic mass is 10.1. The largest absolute Gasteiger partial charge is 0.310 e. The Bertz CT molecular complexity index is 1180. The summed E-state index contributed by atoms with van der Waals surface area (Å²) >= 11 is 5.50. The molecular formula is C31H43NO3S3. The first-order valence-electron chi connectivity index (χ1n) is 13.4. The average molecular weight is 574 g/mol. The molecule has 38 heavy (non-hydrogen) atoms. The Morgan fingerprint density at radius 3 is 2.26 bits per heavy atom. The fourth-order valence-electron chi connectivity index (χ4n) is 4.63. The first kappa shape index (κ1) is 30.9. The lowest BCUT2D eigenvalue weighted by molar-refractivity contribution is 0.185. The molecule has 4 nitrogen and oxygen atoms in total. The molecule has 0 saturated carbocycles. The molecule has 1 aliphatic rings. The van der Waals surface area contributed by atoms with Gasteiger partial charge in [-0.3, -0.25) is 12.5 Å². The van der Waals surface area contributed by atoms with Crippen LogP contribution in [0.5, 0.6) is 0 Å². The van der Waals surface area contributed by atoms with Gasteiger partial charge in [0.15, 0.2) is 0 Å². The topological polar surface area (TPSA) is 32.6 Å². The highest BCUT2D eigenvalue weighted by Crippen LogP contribution is 2.52. The summed E-state index contributed by atoms with van der Waals surface area (Å²) < 4.78 is 20.2. The SMILES string of the molecule is CCOS(CCCSCc1ccc2c(c1)c1c(n2-c2ccc(C)cc2)C=CC=CC1)(OCC)OCC.CS. The smallest absolute Gasteiger partial charge is 0.0887 e. The van der Waals surface area contributed by atoms with Crippen molar-refractivity contribution in [2.75, 3.05) is 37.6 Å². The van der Waals surface area contributed by atoms with E-state index in [-0.39, 0.29) is 0 Å².